The second-order valence-corrected chi connectivity index (χ2v) is 8.88. The van der Waals surface area contributed by atoms with Crippen molar-refractivity contribution < 1.29 is 21.2 Å². The average molecular weight is 350 g/mol. The topological polar surface area (TPSA) is 106 Å². The minimum absolute atomic E-state index is 0.00960. The van der Waals surface area contributed by atoms with E-state index in [9.17, 15) is 21.2 Å². The number of primary sulfonamides is 1. The van der Waals surface area contributed by atoms with Gasteiger partial charge >= 0.3 is 0 Å². The summed E-state index contributed by atoms with van der Waals surface area (Å²) in [5, 5.41) is 4.99. The van der Waals surface area contributed by atoms with Gasteiger partial charge in [-0.25, -0.2) is 26.4 Å². The second kappa shape index (κ2) is 5.37. The number of halogens is 1. The summed E-state index contributed by atoms with van der Waals surface area (Å²) in [6.45, 7) is 1.72. The molecule has 0 saturated heterocycles. The van der Waals surface area contributed by atoms with Crippen molar-refractivity contribution in [1.82, 2.24) is 0 Å². The quantitative estimate of drug-likeness (QED) is 0.874. The molecule has 0 spiro atoms. The molecule has 3 N–H and O–H groups in total. The fourth-order valence-electron chi connectivity index (χ4n) is 1.58. The maximum Gasteiger partial charge on any atom is 0.271 e. The number of nitrogens with two attached hydrogens (primary N) is 1. The molecular formula is C11H11FN2O4S3. The van der Waals surface area contributed by atoms with Crippen molar-refractivity contribution in [2.45, 2.75) is 16.0 Å². The lowest BCUT2D eigenvalue weighted by Crippen LogP contribution is -2.18. The molecule has 1 aromatic carbocycles. The van der Waals surface area contributed by atoms with Crippen molar-refractivity contribution in [2.75, 3.05) is 4.72 Å². The average Bonchev–Trinajstić information content (AvgIpc) is 2.74. The molecule has 0 saturated carbocycles. The Morgan fingerprint density at radius 3 is 2.33 bits per heavy atom. The van der Waals surface area contributed by atoms with Gasteiger partial charge in [-0.05, 0) is 37.3 Å². The van der Waals surface area contributed by atoms with Crippen LogP contribution in [-0.4, -0.2) is 16.8 Å². The molecule has 0 aliphatic heterocycles. The van der Waals surface area contributed by atoms with Gasteiger partial charge in [0, 0.05) is 4.88 Å². The molecule has 1 aromatic heterocycles. The molecule has 0 unspecified atom stereocenters. The lowest BCUT2D eigenvalue weighted by Gasteiger charge is -2.10. The first kappa shape index (κ1) is 15.9. The minimum atomic E-state index is -4.19. The molecule has 0 aliphatic carbocycles. The van der Waals surface area contributed by atoms with Gasteiger partial charge < -0.3 is 0 Å². The summed E-state index contributed by atoms with van der Waals surface area (Å²) in [7, 11) is -8.20. The van der Waals surface area contributed by atoms with E-state index >= 15 is 0 Å². The maximum atomic E-state index is 13.2. The molecule has 0 aliphatic rings. The Bertz CT molecular complexity index is 888. The molecule has 6 nitrogen and oxygen atoms in total. The minimum Gasteiger partial charge on any atom is -0.277 e. The second-order valence-electron chi connectivity index (χ2n) is 4.16. The van der Waals surface area contributed by atoms with E-state index in [-0.39, 0.29) is 4.21 Å². The molecule has 2 aromatic rings. The Labute approximate surface area is 125 Å². The van der Waals surface area contributed by atoms with Crippen LogP contribution in [0.3, 0.4) is 0 Å². The summed E-state index contributed by atoms with van der Waals surface area (Å²) < 4.78 is 62.4. The van der Waals surface area contributed by atoms with Gasteiger partial charge in [0.25, 0.3) is 10.0 Å². The fraction of sp³-hybridized carbons (Fsp3) is 0.0909. The molecular weight excluding hydrogens is 339 g/mol. The molecule has 0 amide bonds. The van der Waals surface area contributed by atoms with Crippen LogP contribution in [0.2, 0.25) is 0 Å². The summed E-state index contributed by atoms with van der Waals surface area (Å²) in [5.74, 6) is -0.789. The summed E-state index contributed by atoms with van der Waals surface area (Å²) >= 11 is 1.01. The van der Waals surface area contributed by atoms with E-state index < -0.39 is 36.4 Å². The van der Waals surface area contributed by atoms with Gasteiger partial charge in [0.2, 0.25) is 10.0 Å². The lowest BCUT2D eigenvalue weighted by molar-refractivity contribution is 0.597. The van der Waals surface area contributed by atoms with Crippen molar-refractivity contribution in [3.63, 3.8) is 0 Å². The van der Waals surface area contributed by atoms with Crippen LogP contribution in [0.5, 0.6) is 0 Å². The van der Waals surface area contributed by atoms with E-state index in [1.807, 2.05) is 4.72 Å². The van der Waals surface area contributed by atoms with Gasteiger partial charge in [-0.2, -0.15) is 0 Å². The van der Waals surface area contributed by atoms with Crippen molar-refractivity contribution in [3.05, 3.63) is 41.0 Å². The third-order valence-electron chi connectivity index (χ3n) is 2.47. The number of nitrogens with one attached hydrogen (secondary N) is 1. The van der Waals surface area contributed by atoms with Crippen LogP contribution in [0.25, 0.3) is 0 Å². The van der Waals surface area contributed by atoms with E-state index in [2.05, 4.69) is 0 Å². The van der Waals surface area contributed by atoms with Gasteiger partial charge in [0.15, 0.2) is 0 Å². The molecule has 1 heterocycles. The highest BCUT2D eigenvalue weighted by atomic mass is 32.2. The normalized spacial score (nSPS) is 12.3. The van der Waals surface area contributed by atoms with Crippen LogP contribution in [-0.2, 0) is 20.0 Å². The summed E-state index contributed by atoms with van der Waals surface area (Å²) in [4.78, 5) is 0.266. The van der Waals surface area contributed by atoms with Crippen LogP contribution < -0.4 is 9.86 Å². The number of rotatable bonds is 4. The number of sulfonamides is 2. The summed E-state index contributed by atoms with van der Waals surface area (Å²) in [6.07, 6.45) is 0. The molecule has 0 fully saturated rings. The van der Waals surface area contributed by atoms with E-state index in [0.717, 1.165) is 34.4 Å². The van der Waals surface area contributed by atoms with Gasteiger partial charge in [-0.1, -0.05) is 0 Å². The predicted molar refractivity (Wildman–Crippen MR) is 77.6 cm³/mol. The van der Waals surface area contributed by atoms with Crippen LogP contribution in [0.1, 0.15) is 4.88 Å². The number of thiophene rings is 1. The number of anilines is 1. The Balaban J connectivity index is 2.51. The highest BCUT2D eigenvalue weighted by Crippen LogP contribution is 2.27. The van der Waals surface area contributed by atoms with Crippen LogP contribution >= 0.6 is 11.3 Å². The van der Waals surface area contributed by atoms with Crippen molar-refractivity contribution in [3.8, 4) is 0 Å². The third-order valence-corrected chi connectivity index (χ3v) is 6.30. The van der Waals surface area contributed by atoms with E-state index in [1.54, 1.807) is 13.0 Å². The molecule has 0 radical (unpaired) electrons. The Hall–Kier alpha value is -1.49. The van der Waals surface area contributed by atoms with Crippen molar-refractivity contribution in [2.24, 2.45) is 5.14 Å². The van der Waals surface area contributed by atoms with Crippen LogP contribution in [0.15, 0.2) is 39.4 Å². The number of hydrogen-bond acceptors (Lipinski definition) is 5. The number of benzene rings is 1. The summed E-state index contributed by atoms with van der Waals surface area (Å²) in [6, 6.07) is 5.52. The number of aryl methyl sites for hydroxylation is 1. The van der Waals surface area contributed by atoms with Gasteiger partial charge in [-0.15, -0.1) is 11.3 Å². The lowest BCUT2D eigenvalue weighted by atomic mass is 10.3. The molecule has 0 bridgehead atoms. The summed E-state index contributed by atoms with van der Waals surface area (Å²) in [5.41, 5.74) is -0.427. The molecule has 21 heavy (non-hydrogen) atoms. The monoisotopic (exact) mass is 350 g/mol. The zero-order chi connectivity index (χ0) is 15.8. The highest BCUT2D eigenvalue weighted by molar-refractivity contribution is 7.94. The third kappa shape index (κ3) is 3.59. The fourth-order valence-corrected chi connectivity index (χ4v) is 4.67. The van der Waals surface area contributed by atoms with Crippen LogP contribution in [0, 0.1) is 12.7 Å². The van der Waals surface area contributed by atoms with Crippen LogP contribution in [0.4, 0.5) is 10.1 Å². The molecule has 10 heteroatoms. The van der Waals surface area contributed by atoms with Gasteiger partial charge in [-0.3, -0.25) is 4.72 Å². The predicted octanol–water partition coefficient (Wildman–Crippen LogP) is 1.64. The largest absolute Gasteiger partial charge is 0.277 e. The van der Waals surface area contributed by atoms with E-state index in [4.69, 9.17) is 5.14 Å². The van der Waals surface area contributed by atoms with Gasteiger partial charge in [0.05, 0.1) is 5.69 Å². The van der Waals surface area contributed by atoms with E-state index in [0.29, 0.717) is 0 Å². The number of hydrogen-bond donors (Lipinski definition) is 2. The molecule has 0 atom stereocenters. The Morgan fingerprint density at radius 1 is 1.14 bits per heavy atom. The first-order valence-corrected chi connectivity index (χ1v) is 9.36. The molecule has 2 rings (SSSR count). The molecule has 114 valence electrons. The zero-order valence-corrected chi connectivity index (χ0v) is 13.1. The maximum absolute atomic E-state index is 13.2. The van der Waals surface area contributed by atoms with E-state index in [1.165, 1.54) is 6.07 Å². The van der Waals surface area contributed by atoms with Crippen molar-refractivity contribution in [1.29, 1.82) is 0 Å². The standard InChI is InChI=1S/C11H11FN2O4S3/c1-7-2-5-11(19-7)21(17,18)14-9-6-8(12)3-4-10(9)20(13,15)16/h2-6,14H,1H3,(H2,13,15,16). The Morgan fingerprint density at radius 2 is 1.81 bits per heavy atom. The first-order chi connectivity index (χ1) is 9.59. The first-order valence-electron chi connectivity index (χ1n) is 5.51. The smallest absolute Gasteiger partial charge is 0.271 e. The van der Waals surface area contributed by atoms with Gasteiger partial charge in [0.1, 0.15) is 14.9 Å². The zero-order valence-electron chi connectivity index (χ0n) is 10.7. The van der Waals surface area contributed by atoms with Crippen molar-refractivity contribution >= 4 is 37.1 Å². The SMILES string of the molecule is Cc1ccc(S(=O)(=O)Nc2cc(F)ccc2S(N)(=O)=O)s1. The Kier molecular flexibility index (Phi) is 4.06. The highest BCUT2D eigenvalue weighted by Gasteiger charge is 2.22.